The van der Waals surface area contributed by atoms with Crippen LogP contribution >= 0.6 is 0 Å². The highest BCUT2D eigenvalue weighted by Gasteiger charge is 2.56. The van der Waals surface area contributed by atoms with Gasteiger partial charge in [-0.2, -0.15) is 0 Å². The van der Waals surface area contributed by atoms with E-state index in [2.05, 4.69) is 13.8 Å². The first-order valence-corrected chi connectivity index (χ1v) is 9.03. The Hall–Kier alpha value is -0.460. The largest absolute Gasteiger partial charge is 0.402 e. The summed E-state index contributed by atoms with van der Waals surface area (Å²) < 4.78 is 0. The van der Waals surface area contributed by atoms with Crippen LogP contribution in [0.3, 0.4) is 0 Å². The molecule has 0 heterocycles. The van der Waals surface area contributed by atoms with Crippen LogP contribution in [0.4, 0.5) is 0 Å². The van der Waals surface area contributed by atoms with Gasteiger partial charge >= 0.3 is 0 Å². The summed E-state index contributed by atoms with van der Waals surface area (Å²) in [6.45, 7) is 5.17. The molecular formula is C19H31N. The Kier molecular flexibility index (Phi) is 2.82. The van der Waals surface area contributed by atoms with Gasteiger partial charge in [-0.05, 0) is 91.9 Å². The van der Waals surface area contributed by atoms with Crippen LogP contribution < -0.4 is 5.73 Å². The molecule has 20 heavy (non-hydrogen) atoms. The zero-order valence-electron chi connectivity index (χ0n) is 13.4. The normalized spacial score (nSPS) is 51.4. The molecular weight excluding hydrogens is 242 g/mol. The van der Waals surface area contributed by atoms with Crippen LogP contribution in [0.2, 0.25) is 0 Å². The van der Waals surface area contributed by atoms with E-state index in [9.17, 15) is 0 Å². The van der Waals surface area contributed by atoms with Crippen molar-refractivity contribution in [1.29, 1.82) is 0 Å². The average molecular weight is 273 g/mol. The molecule has 0 unspecified atom stereocenters. The van der Waals surface area contributed by atoms with Crippen molar-refractivity contribution in [3.8, 4) is 0 Å². The maximum absolute atomic E-state index is 6.41. The van der Waals surface area contributed by atoms with E-state index in [0.29, 0.717) is 10.8 Å². The van der Waals surface area contributed by atoms with Gasteiger partial charge in [0.05, 0.1) is 0 Å². The van der Waals surface area contributed by atoms with Gasteiger partial charge in [0.2, 0.25) is 0 Å². The Labute approximate surface area is 124 Å². The maximum atomic E-state index is 6.41. The number of hydrogen-bond donors (Lipinski definition) is 1. The van der Waals surface area contributed by atoms with Crippen molar-refractivity contribution in [2.24, 2.45) is 34.3 Å². The molecule has 0 aliphatic heterocycles. The third kappa shape index (κ3) is 1.61. The van der Waals surface area contributed by atoms with Gasteiger partial charge in [-0.1, -0.05) is 20.3 Å². The Bertz CT molecular complexity index is 451. The molecule has 0 aromatic rings. The van der Waals surface area contributed by atoms with Gasteiger partial charge in [-0.3, -0.25) is 0 Å². The zero-order chi connectivity index (χ0) is 14.0. The predicted octanol–water partition coefficient (Wildman–Crippen LogP) is 5.02. The molecule has 3 fully saturated rings. The van der Waals surface area contributed by atoms with Crippen molar-refractivity contribution in [1.82, 2.24) is 0 Å². The molecule has 0 saturated heterocycles. The van der Waals surface area contributed by atoms with E-state index in [1.807, 2.05) is 0 Å². The van der Waals surface area contributed by atoms with Gasteiger partial charge in [0.15, 0.2) is 0 Å². The second-order valence-electron chi connectivity index (χ2n) is 8.78. The van der Waals surface area contributed by atoms with Crippen LogP contribution in [0, 0.1) is 28.6 Å². The number of fused-ring (bicyclic) bond motifs is 5. The number of hydrogen-bond acceptors (Lipinski definition) is 1. The van der Waals surface area contributed by atoms with Gasteiger partial charge in [-0.15, -0.1) is 0 Å². The Morgan fingerprint density at radius 1 is 0.900 bits per heavy atom. The van der Waals surface area contributed by atoms with E-state index >= 15 is 0 Å². The minimum absolute atomic E-state index is 0.467. The SMILES string of the molecule is C[C@@]12CCC[C@H]1[C@@H]1CCC3=C(N)CCC[C@]3(C)[C@H]1CC2. The van der Waals surface area contributed by atoms with E-state index in [4.69, 9.17) is 5.73 Å². The van der Waals surface area contributed by atoms with Crippen LogP contribution in [0.25, 0.3) is 0 Å². The number of allylic oxidation sites excluding steroid dienone is 2. The molecule has 112 valence electrons. The Morgan fingerprint density at radius 2 is 1.75 bits per heavy atom. The van der Waals surface area contributed by atoms with E-state index in [-0.39, 0.29) is 0 Å². The standard InChI is InChI=1S/C19H31N/c1-18-10-3-5-14(18)13-7-8-16-17(20)6-4-11-19(16,2)15(13)9-12-18/h13-15H,3-12,20H2,1-2H3/t13-,14-,15-,18-,19+/m0/s1. The Morgan fingerprint density at radius 3 is 2.60 bits per heavy atom. The summed E-state index contributed by atoms with van der Waals surface area (Å²) in [5.74, 6) is 2.99. The molecule has 0 radical (unpaired) electrons. The van der Waals surface area contributed by atoms with E-state index < -0.39 is 0 Å². The molecule has 0 spiro atoms. The van der Waals surface area contributed by atoms with Gasteiger partial charge in [0.1, 0.15) is 0 Å². The monoisotopic (exact) mass is 273 g/mol. The fourth-order valence-corrected chi connectivity index (χ4v) is 6.96. The molecule has 0 amide bonds. The molecule has 4 aliphatic carbocycles. The third-order valence-electron chi connectivity index (χ3n) is 7.98. The summed E-state index contributed by atoms with van der Waals surface area (Å²) in [6, 6.07) is 0. The van der Waals surface area contributed by atoms with Crippen molar-refractivity contribution < 1.29 is 0 Å². The first kappa shape index (κ1) is 13.2. The minimum Gasteiger partial charge on any atom is -0.402 e. The lowest BCUT2D eigenvalue weighted by Gasteiger charge is -2.58. The topological polar surface area (TPSA) is 26.0 Å². The molecule has 4 rings (SSSR count). The van der Waals surface area contributed by atoms with Gasteiger partial charge in [0, 0.05) is 5.70 Å². The summed E-state index contributed by atoms with van der Waals surface area (Å²) in [5, 5.41) is 0. The molecule has 0 aromatic heterocycles. The third-order valence-corrected chi connectivity index (χ3v) is 7.98. The van der Waals surface area contributed by atoms with Crippen molar-refractivity contribution in [3.63, 3.8) is 0 Å². The van der Waals surface area contributed by atoms with Crippen molar-refractivity contribution in [3.05, 3.63) is 11.3 Å². The van der Waals surface area contributed by atoms with Crippen LogP contribution in [-0.4, -0.2) is 0 Å². The van der Waals surface area contributed by atoms with Crippen molar-refractivity contribution in [2.45, 2.75) is 78.1 Å². The highest BCUT2D eigenvalue weighted by molar-refractivity contribution is 5.27. The lowest BCUT2D eigenvalue weighted by atomic mass is 9.47. The summed E-state index contributed by atoms with van der Waals surface area (Å²) in [6.07, 6.45) is 14.1. The van der Waals surface area contributed by atoms with Crippen molar-refractivity contribution >= 4 is 0 Å². The van der Waals surface area contributed by atoms with Gasteiger partial charge < -0.3 is 5.73 Å². The van der Waals surface area contributed by atoms with E-state index in [1.165, 1.54) is 69.9 Å². The zero-order valence-corrected chi connectivity index (χ0v) is 13.4. The number of rotatable bonds is 0. The molecule has 2 N–H and O–H groups in total. The second kappa shape index (κ2) is 4.27. The molecule has 0 bridgehead atoms. The van der Waals surface area contributed by atoms with Crippen LogP contribution in [0.1, 0.15) is 78.1 Å². The first-order chi connectivity index (χ1) is 9.55. The molecule has 0 aromatic carbocycles. The summed E-state index contributed by atoms with van der Waals surface area (Å²) in [7, 11) is 0. The van der Waals surface area contributed by atoms with E-state index in [1.54, 1.807) is 5.57 Å². The minimum atomic E-state index is 0.467. The average Bonchev–Trinajstić information content (AvgIpc) is 2.80. The van der Waals surface area contributed by atoms with E-state index in [0.717, 1.165) is 17.8 Å². The highest BCUT2D eigenvalue weighted by Crippen LogP contribution is 2.65. The molecule has 4 aliphatic rings. The van der Waals surface area contributed by atoms with Crippen molar-refractivity contribution in [2.75, 3.05) is 0 Å². The molecule has 1 nitrogen and oxygen atoms in total. The number of nitrogens with two attached hydrogens (primary N) is 1. The smallest absolute Gasteiger partial charge is 0.00780 e. The molecule has 5 atom stereocenters. The second-order valence-corrected chi connectivity index (χ2v) is 8.78. The fourth-order valence-electron chi connectivity index (χ4n) is 6.96. The van der Waals surface area contributed by atoms with Crippen LogP contribution in [-0.2, 0) is 0 Å². The lowest BCUT2D eigenvalue weighted by molar-refractivity contribution is -0.0369. The lowest BCUT2D eigenvalue weighted by Crippen LogP contribution is -2.49. The summed E-state index contributed by atoms with van der Waals surface area (Å²) in [4.78, 5) is 0. The Balaban J connectivity index is 1.71. The quantitative estimate of drug-likeness (QED) is 0.659. The highest BCUT2D eigenvalue weighted by atomic mass is 14.7. The predicted molar refractivity (Wildman–Crippen MR) is 84.1 cm³/mol. The summed E-state index contributed by atoms with van der Waals surface area (Å²) in [5.41, 5.74) is 10.5. The van der Waals surface area contributed by atoms with Gasteiger partial charge in [-0.25, -0.2) is 0 Å². The van der Waals surface area contributed by atoms with Crippen LogP contribution in [0.5, 0.6) is 0 Å². The van der Waals surface area contributed by atoms with Crippen LogP contribution in [0.15, 0.2) is 11.3 Å². The summed E-state index contributed by atoms with van der Waals surface area (Å²) >= 11 is 0. The van der Waals surface area contributed by atoms with Gasteiger partial charge in [0.25, 0.3) is 0 Å². The maximum Gasteiger partial charge on any atom is 0.00780 e. The first-order valence-electron chi connectivity index (χ1n) is 9.03. The fraction of sp³-hybridized carbons (Fsp3) is 0.895. The molecule has 1 heteroatoms. The molecule has 3 saturated carbocycles.